The fourth-order valence-electron chi connectivity index (χ4n) is 2.44. The predicted octanol–water partition coefficient (Wildman–Crippen LogP) is 4.79. The van der Waals surface area contributed by atoms with Crippen LogP contribution in [0, 0.1) is 0 Å². The number of aromatic nitrogens is 3. The molecule has 3 rings (SSSR count). The molecule has 5 nitrogen and oxygen atoms in total. The summed E-state index contributed by atoms with van der Waals surface area (Å²) in [5.41, 5.74) is 2.76. The highest BCUT2D eigenvalue weighted by molar-refractivity contribution is 8.00. The maximum absolute atomic E-state index is 12.7. The van der Waals surface area contributed by atoms with Crippen LogP contribution in [-0.2, 0) is 5.41 Å². The quantitative estimate of drug-likeness (QED) is 0.477. The van der Waals surface area contributed by atoms with Gasteiger partial charge in [-0.25, -0.2) is 0 Å². The van der Waals surface area contributed by atoms with Crippen molar-refractivity contribution < 1.29 is 9.21 Å². The minimum absolute atomic E-state index is 0.0409. The molecule has 0 spiro atoms. The lowest BCUT2D eigenvalue weighted by Gasteiger charge is -2.19. The molecule has 3 aromatic rings. The minimum atomic E-state index is -0.318. The summed E-state index contributed by atoms with van der Waals surface area (Å²) < 4.78 is 5.65. The van der Waals surface area contributed by atoms with Gasteiger partial charge in [-0.2, -0.15) is 0 Å². The number of pyridine rings is 1. The lowest BCUT2D eigenvalue weighted by Crippen LogP contribution is -2.15. The maximum atomic E-state index is 12.7. The molecule has 0 saturated heterocycles. The second kappa shape index (κ2) is 7.41. The van der Waals surface area contributed by atoms with Gasteiger partial charge in [0.25, 0.3) is 5.22 Å². The van der Waals surface area contributed by atoms with Crippen molar-refractivity contribution >= 4 is 17.5 Å². The highest BCUT2D eigenvalue weighted by Gasteiger charge is 2.21. The van der Waals surface area contributed by atoms with Crippen LogP contribution < -0.4 is 0 Å². The van der Waals surface area contributed by atoms with E-state index in [4.69, 9.17) is 4.42 Å². The molecule has 2 aromatic heterocycles. The molecule has 0 saturated carbocycles. The molecular weight excluding hydrogens is 346 g/mol. The van der Waals surface area contributed by atoms with Crippen molar-refractivity contribution in [1.29, 1.82) is 0 Å². The van der Waals surface area contributed by atoms with E-state index in [1.54, 1.807) is 24.5 Å². The third-order valence-corrected chi connectivity index (χ3v) is 4.95. The van der Waals surface area contributed by atoms with Gasteiger partial charge < -0.3 is 4.42 Å². The van der Waals surface area contributed by atoms with Gasteiger partial charge in [-0.1, -0.05) is 56.8 Å². The molecular formula is C20H21N3O2S. The fourth-order valence-corrected chi connectivity index (χ4v) is 3.20. The first kappa shape index (κ1) is 18.3. The Hall–Kier alpha value is -2.47. The number of carbonyl (C=O) groups is 1. The van der Waals surface area contributed by atoms with Crippen LogP contribution in [0.15, 0.2) is 58.4 Å². The van der Waals surface area contributed by atoms with Gasteiger partial charge in [0.05, 0.1) is 5.25 Å². The van der Waals surface area contributed by atoms with E-state index in [1.807, 2.05) is 31.2 Å². The average molecular weight is 367 g/mol. The Morgan fingerprint density at radius 1 is 1.04 bits per heavy atom. The number of Topliss-reactive ketones (excluding diaryl/α,β-unsaturated/α-hetero) is 1. The van der Waals surface area contributed by atoms with Gasteiger partial charge in [-0.05, 0) is 30.0 Å². The smallest absolute Gasteiger partial charge is 0.277 e. The molecule has 0 bridgehead atoms. The van der Waals surface area contributed by atoms with Gasteiger partial charge in [-0.3, -0.25) is 9.78 Å². The molecule has 0 radical (unpaired) electrons. The van der Waals surface area contributed by atoms with Crippen molar-refractivity contribution in [3.63, 3.8) is 0 Å². The second-order valence-corrected chi connectivity index (χ2v) is 8.35. The molecule has 1 aromatic carbocycles. The number of nitrogens with zero attached hydrogens (tertiary/aromatic N) is 3. The van der Waals surface area contributed by atoms with Crippen molar-refractivity contribution in [2.75, 3.05) is 0 Å². The van der Waals surface area contributed by atoms with Gasteiger partial charge in [-0.15, -0.1) is 10.2 Å². The minimum Gasteiger partial charge on any atom is -0.411 e. The molecule has 6 heteroatoms. The molecule has 0 N–H and O–H groups in total. The number of rotatable bonds is 5. The topological polar surface area (TPSA) is 68.9 Å². The Kier molecular flexibility index (Phi) is 5.23. The Balaban J connectivity index is 1.69. The van der Waals surface area contributed by atoms with Crippen LogP contribution in [-0.4, -0.2) is 26.2 Å². The largest absolute Gasteiger partial charge is 0.411 e. The first-order valence-electron chi connectivity index (χ1n) is 8.40. The number of ketones is 1. The van der Waals surface area contributed by atoms with Crippen molar-refractivity contribution in [2.24, 2.45) is 0 Å². The van der Waals surface area contributed by atoms with Crippen LogP contribution in [0.5, 0.6) is 0 Å². The summed E-state index contributed by atoms with van der Waals surface area (Å²) in [6, 6.07) is 11.4. The van der Waals surface area contributed by atoms with Gasteiger partial charge in [0, 0.05) is 23.5 Å². The van der Waals surface area contributed by atoms with E-state index < -0.39 is 0 Å². The van der Waals surface area contributed by atoms with Crippen molar-refractivity contribution in [2.45, 2.75) is 43.6 Å². The SMILES string of the molecule is CC(Sc1nnc(-c2ccncc2)o1)C(=O)c1ccc(C(C)(C)C)cc1. The Labute approximate surface area is 157 Å². The van der Waals surface area contributed by atoms with Gasteiger partial charge in [0.2, 0.25) is 5.89 Å². The molecule has 1 unspecified atom stereocenters. The number of hydrogen-bond donors (Lipinski definition) is 0. The summed E-state index contributed by atoms with van der Waals surface area (Å²) in [6.45, 7) is 8.30. The van der Waals surface area contributed by atoms with Crippen LogP contribution in [0.4, 0.5) is 0 Å². The average Bonchev–Trinajstić information content (AvgIpc) is 3.09. The number of benzene rings is 1. The fraction of sp³-hybridized carbons (Fsp3) is 0.300. The van der Waals surface area contributed by atoms with Gasteiger partial charge >= 0.3 is 0 Å². The van der Waals surface area contributed by atoms with Gasteiger partial charge in [0.15, 0.2) is 5.78 Å². The van der Waals surface area contributed by atoms with Gasteiger partial charge in [0.1, 0.15) is 0 Å². The van der Waals surface area contributed by atoms with E-state index in [0.717, 1.165) is 5.56 Å². The Morgan fingerprint density at radius 2 is 1.69 bits per heavy atom. The highest BCUT2D eigenvalue weighted by atomic mass is 32.2. The Bertz CT molecular complexity index is 883. The number of hydrogen-bond acceptors (Lipinski definition) is 6. The summed E-state index contributed by atoms with van der Waals surface area (Å²) in [4.78, 5) is 16.6. The van der Waals surface area contributed by atoms with E-state index in [2.05, 4.69) is 36.0 Å². The van der Waals surface area contributed by atoms with Crippen molar-refractivity contribution in [3.05, 3.63) is 59.9 Å². The van der Waals surface area contributed by atoms with E-state index >= 15 is 0 Å². The summed E-state index contributed by atoms with van der Waals surface area (Å²) in [6.07, 6.45) is 3.33. The zero-order valence-corrected chi connectivity index (χ0v) is 16.1. The van der Waals surface area contributed by atoms with Crippen LogP contribution >= 0.6 is 11.8 Å². The lowest BCUT2D eigenvalue weighted by molar-refractivity contribution is 0.0993. The van der Waals surface area contributed by atoms with E-state index in [1.165, 1.54) is 17.3 Å². The monoisotopic (exact) mass is 367 g/mol. The van der Waals surface area contributed by atoms with Crippen molar-refractivity contribution in [1.82, 2.24) is 15.2 Å². The molecule has 0 fully saturated rings. The first-order chi connectivity index (χ1) is 12.3. The van der Waals surface area contributed by atoms with Crippen molar-refractivity contribution in [3.8, 4) is 11.5 Å². The van der Waals surface area contributed by atoms with Crippen LogP contribution in [0.3, 0.4) is 0 Å². The molecule has 1 atom stereocenters. The molecule has 26 heavy (non-hydrogen) atoms. The zero-order valence-electron chi connectivity index (χ0n) is 15.3. The molecule has 0 amide bonds. The number of carbonyl (C=O) groups excluding carboxylic acids is 1. The second-order valence-electron chi connectivity index (χ2n) is 7.06. The molecule has 0 aliphatic heterocycles. The molecule has 2 heterocycles. The van der Waals surface area contributed by atoms with Crippen LogP contribution in [0.25, 0.3) is 11.5 Å². The normalized spacial score (nSPS) is 12.8. The first-order valence-corrected chi connectivity index (χ1v) is 9.28. The lowest BCUT2D eigenvalue weighted by atomic mass is 9.86. The zero-order chi connectivity index (χ0) is 18.7. The Morgan fingerprint density at radius 3 is 2.31 bits per heavy atom. The summed E-state index contributed by atoms with van der Waals surface area (Å²) in [7, 11) is 0. The standard InChI is InChI=1S/C20H21N3O2S/c1-13(17(24)14-5-7-16(8-6-14)20(2,3)4)26-19-23-22-18(25-19)15-9-11-21-12-10-15/h5-13H,1-4H3. The molecule has 134 valence electrons. The summed E-state index contributed by atoms with van der Waals surface area (Å²) in [5.74, 6) is 0.461. The third kappa shape index (κ3) is 4.19. The van der Waals surface area contributed by atoms with Crippen LogP contribution in [0.2, 0.25) is 0 Å². The maximum Gasteiger partial charge on any atom is 0.277 e. The molecule has 0 aliphatic rings. The summed E-state index contributed by atoms with van der Waals surface area (Å²) in [5, 5.41) is 8.12. The third-order valence-electron chi connectivity index (χ3n) is 4.02. The van der Waals surface area contributed by atoms with E-state index in [0.29, 0.717) is 16.7 Å². The van der Waals surface area contributed by atoms with E-state index in [-0.39, 0.29) is 16.4 Å². The highest BCUT2D eigenvalue weighted by Crippen LogP contribution is 2.28. The predicted molar refractivity (Wildman–Crippen MR) is 102 cm³/mol. The van der Waals surface area contributed by atoms with Crippen LogP contribution in [0.1, 0.15) is 43.6 Å². The summed E-state index contributed by atoms with van der Waals surface area (Å²) >= 11 is 1.27. The molecule has 0 aliphatic carbocycles. The van der Waals surface area contributed by atoms with E-state index in [9.17, 15) is 4.79 Å². The number of thioether (sulfide) groups is 1.